The van der Waals surface area contributed by atoms with E-state index in [1.54, 1.807) is 0 Å². The largest absolute Gasteiger partial charge is 0.0651 e. The van der Waals surface area contributed by atoms with Crippen LogP contribution in [0.25, 0.3) is 11.1 Å². The van der Waals surface area contributed by atoms with E-state index < -0.39 is 0 Å². The van der Waals surface area contributed by atoms with E-state index in [2.05, 4.69) is 64.1 Å². The molecule has 0 heteroatoms. The van der Waals surface area contributed by atoms with E-state index in [-0.39, 0.29) is 0 Å². The zero-order valence-corrected chi connectivity index (χ0v) is 11.8. The van der Waals surface area contributed by atoms with E-state index in [9.17, 15) is 0 Å². The minimum absolute atomic E-state index is 1.14. The molecule has 1 radical (unpaired) electrons. The Labute approximate surface area is 111 Å². The fraction of sp³-hybridized carbons (Fsp3) is 0.333. The predicted molar refractivity (Wildman–Crippen MR) is 78.9 cm³/mol. The molecule has 0 spiro atoms. The van der Waals surface area contributed by atoms with Crippen LogP contribution in [0.1, 0.15) is 35.6 Å². The second-order valence-corrected chi connectivity index (χ2v) is 5.11. The summed E-state index contributed by atoms with van der Waals surface area (Å²) in [4.78, 5) is 0. The minimum Gasteiger partial charge on any atom is -0.0651 e. The van der Waals surface area contributed by atoms with Gasteiger partial charge in [0, 0.05) is 0 Å². The molecule has 2 aromatic carbocycles. The molecule has 18 heavy (non-hydrogen) atoms. The third-order valence-corrected chi connectivity index (χ3v) is 3.30. The van der Waals surface area contributed by atoms with E-state index in [0.717, 1.165) is 6.42 Å². The van der Waals surface area contributed by atoms with Crippen LogP contribution in [0.15, 0.2) is 30.3 Å². The molecule has 0 N–H and O–H groups in total. The first-order valence-corrected chi connectivity index (χ1v) is 6.71. The molecule has 93 valence electrons. The molecule has 0 aromatic heterocycles. The Bertz CT molecular complexity index is 530. The average Bonchev–Trinajstić information content (AvgIpc) is 2.28. The van der Waals surface area contributed by atoms with Crippen molar-refractivity contribution in [2.45, 2.75) is 40.5 Å². The Morgan fingerprint density at radius 3 is 2.50 bits per heavy atom. The van der Waals surface area contributed by atoms with Gasteiger partial charge in [-0.05, 0) is 61.1 Å². The van der Waals surface area contributed by atoms with Gasteiger partial charge in [-0.1, -0.05) is 49.2 Å². The standard InChI is InChI=1S/C18H21/c1-5-7-16-9-6-8-15(4)18(16)17-11-13(2)10-14(3)12-17/h6,8-11H,5,7H2,1-4H3. The molecule has 0 amide bonds. The molecule has 0 bridgehead atoms. The molecular weight excluding hydrogens is 216 g/mol. The lowest BCUT2D eigenvalue weighted by atomic mass is 9.91. The highest BCUT2D eigenvalue weighted by Gasteiger charge is 2.08. The minimum atomic E-state index is 1.14. The maximum atomic E-state index is 3.50. The number of hydrogen-bond donors (Lipinski definition) is 0. The highest BCUT2D eigenvalue weighted by Crippen LogP contribution is 2.29. The number of aryl methyl sites for hydroxylation is 4. The molecule has 2 rings (SSSR count). The summed E-state index contributed by atoms with van der Waals surface area (Å²) in [7, 11) is 0. The predicted octanol–water partition coefficient (Wildman–Crippen LogP) is 5.03. The van der Waals surface area contributed by atoms with Crippen molar-refractivity contribution >= 4 is 0 Å². The van der Waals surface area contributed by atoms with Gasteiger partial charge in [0.2, 0.25) is 0 Å². The summed E-state index contributed by atoms with van der Waals surface area (Å²) >= 11 is 0. The summed E-state index contributed by atoms with van der Waals surface area (Å²) in [6.45, 7) is 8.70. The van der Waals surface area contributed by atoms with Gasteiger partial charge in [-0.3, -0.25) is 0 Å². The first kappa shape index (κ1) is 12.9. The fourth-order valence-electron chi connectivity index (χ4n) is 2.62. The molecule has 0 aliphatic rings. The van der Waals surface area contributed by atoms with Crippen molar-refractivity contribution in [3.05, 3.63) is 58.7 Å². The van der Waals surface area contributed by atoms with Gasteiger partial charge < -0.3 is 0 Å². The van der Waals surface area contributed by atoms with Crippen molar-refractivity contribution in [2.24, 2.45) is 0 Å². The van der Waals surface area contributed by atoms with Gasteiger partial charge in [0.25, 0.3) is 0 Å². The summed E-state index contributed by atoms with van der Waals surface area (Å²) in [5.41, 5.74) is 7.95. The molecule has 0 nitrogen and oxygen atoms in total. The highest BCUT2D eigenvalue weighted by molar-refractivity contribution is 5.71. The first-order chi connectivity index (χ1) is 8.61. The van der Waals surface area contributed by atoms with Crippen LogP contribution in [0.3, 0.4) is 0 Å². The van der Waals surface area contributed by atoms with Crippen LogP contribution in [0.2, 0.25) is 0 Å². The average molecular weight is 237 g/mol. The van der Waals surface area contributed by atoms with Crippen LogP contribution < -0.4 is 0 Å². The Morgan fingerprint density at radius 1 is 1.06 bits per heavy atom. The van der Waals surface area contributed by atoms with Crippen molar-refractivity contribution in [1.82, 2.24) is 0 Å². The summed E-state index contributed by atoms with van der Waals surface area (Å²) in [5.74, 6) is 0. The second kappa shape index (κ2) is 5.39. The van der Waals surface area contributed by atoms with Gasteiger partial charge in [0.1, 0.15) is 0 Å². The normalized spacial score (nSPS) is 10.7. The lowest BCUT2D eigenvalue weighted by Crippen LogP contribution is -1.94. The topological polar surface area (TPSA) is 0 Å². The molecule has 0 aliphatic carbocycles. The monoisotopic (exact) mass is 237 g/mol. The molecule has 0 aliphatic heterocycles. The Balaban J connectivity index is 2.61. The second-order valence-electron chi connectivity index (χ2n) is 5.11. The highest BCUT2D eigenvalue weighted by atomic mass is 14.1. The molecule has 0 saturated heterocycles. The van der Waals surface area contributed by atoms with Crippen LogP contribution in [0, 0.1) is 26.8 Å². The van der Waals surface area contributed by atoms with Crippen molar-refractivity contribution < 1.29 is 0 Å². The summed E-state index contributed by atoms with van der Waals surface area (Å²) in [6, 6.07) is 14.5. The third-order valence-electron chi connectivity index (χ3n) is 3.30. The van der Waals surface area contributed by atoms with Gasteiger partial charge >= 0.3 is 0 Å². The summed E-state index contributed by atoms with van der Waals surface area (Å²) in [6.07, 6.45) is 2.32. The zero-order chi connectivity index (χ0) is 13.1. The van der Waals surface area contributed by atoms with E-state index in [4.69, 9.17) is 0 Å². The quantitative estimate of drug-likeness (QED) is 0.702. The molecule has 0 atom stereocenters. The maximum Gasteiger partial charge on any atom is -0.00668 e. The van der Waals surface area contributed by atoms with Crippen LogP contribution in [-0.2, 0) is 6.42 Å². The molecular formula is C18H21. The number of hydrogen-bond acceptors (Lipinski definition) is 0. The number of benzene rings is 2. The Hall–Kier alpha value is -1.56. The molecule has 2 aromatic rings. The van der Waals surface area contributed by atoms with Crippen molar-refractivity contribution in [2.75, 3.05) is 0 Å². The maximum absolute atomic E-state index is 3.50. The van der Waals surface area contributed by atoms with Crippen molar-refractivity contribution in [3.8, 4) is 11.1 Å². The van der Waals surface area contributed by atoms with Crippen molar-refractivity contribution in [3.63, 3.8) is 0 Å². The zero-order valence-electron chi connectivity index (χ0n) is 11.8. The van der Waals surface area contributed by atoms with E-state index in [1.165, 1.54) is 39.8 Å². The van der Waals surface area contributed by atoms with Gasteiger partial charge in [-0.25, -0.2) is 0 Å². The Kier molecular flexibility index (Phi) is 3.86. The number of rotatable bonds is 3. The summed E-state index contributed by atoms with van der Waals surface area (Å²) < 4.78 is 0. The van der Waals surface area contributed by atoms with Gasteiger partial charge in [-0.15, -0.1) is 0 Å². The van der Waals surface area contributed by atoms with Crippen LogP contribution in [0.4, 0.5) is 0 Å². The lowest BCUT2D eigenvalue weighted by Gasteiger charge is -2.13. The first-order valence-electron chi connectivity index (χ1n) is 6.71. The summed E-state index contributed by atoms with van der Waals surface area (Å²) in [5, 5.41) is 0. The van der Waals surface area contributed by atoms with Gasteiger partial charge in [-0.2, -0.15) is 0 Å². The van der Waals surface area contributed by atoms with Crippen LogP contribution in [0.5, 0.6) is 0 Å². The van der Waals surface area contributed by atoms with Crippen molar-refractivity contribution in [1.29, 1.82) is 0 Å². The molecule has 0 heterocycles. The van der Waals surface area contributed by atoms with Gasteiger partial charge in [0.15, 0.2) is 0 Å². The molecule has 0 fully saturated rings. The third kappa shape index (κ3) is 2.64. The van der Waals surface area contributed by atoms with Crippen LogP contribution >= 0.6 is 0 Å². The SMILES string of the molecule is CCCc1cccc(C)c1-c1[c]c(C)cc(C)c1. The molecule has 0 unspecified atom stereocenters. The fourth-order valence-corrected chi connectivity index (χ4v) is 2.62. The van der Waals surface area contributed by atoms with Gasteiger partial charge in [0.05, 0.1) is 0 Å². The van der Waals surface area contributed by atoms with E-state index >= 15 is 0 Å². The van der Waals surface area contributed by atoms with E-state index in [1.807, 2.05) is 0 Å². The lowest BCUT2D eigenvalue weighted by molar-refractivity contribution is 0.922. The smallest absolute Gasteiger partial charge is 0.00668 e. The molecule has 0 saturated carbocycles. The van der Waals surface area contributed by atoms with Crippen LogP contribution in [-0.4, -0.2) is 0 Å². The Morgan fingerprint density at radius 2 is 1.83 bits per heavy atom. The van der Waals surface area contributed by atoms with E-state index in [0.29, 0.717) is 0 Å².